The standard InChI is InChI=1S/C21H28ClN3O3S/c1-5-11-29-21-23-12-17(25(21)13-15-9-7-8-10-16(15)22)19(26)24-18(14(3)6-2)20(27)28-4/h7-10,12,14,18H,5-6,11,13H2,1-4H3,(H,24,26)/t14-,18-/m0/s1. The molecule has 158 valence electrons. The number of rotatable bonds is 10. The molecule has 29 heavy (non-hydrogen) atoms. The van der Waals surface area contributed by atoms with Crippen molar-refractivity contribution in [1.29, 1.82) is 0 Å². The zero-order chi connectivity index (χ0) is 21.4. The van der Waals surface area contributed by atoms with Gasteiger partial charge in [-0.05, 0) is 24.0 Å². The van der Waals surface area contributed by atoms with Crippen LogP contribution in [-0.4, -0.2) is 40.3 Å². The van der Waals surface area contributed by atoms with Crippen LogP contribution in [0.2, 0.25) is 5.02 Å². The number of methoxy groups -OCH3 is 1. The molecule has 0 saturated heterocycles. The predicted molar refractivity (Wildman–Crippen MR) is 117 cm³/mol. The number of aromatic nitrogens is 2. The number of benzene rings is 1. The maximum Gasteiger partial charge on any atom is 0.328 e. The first-order chi connectivity index (χ1) is 13.9. The van der Waals surface area contributed by atoms with Crippen molar-refractivity contribution in [2.75, 3.05) is 12.9 Å². The minimum absolute atomic E-state index is 0.0553. The van der Waals surface area contributed by atoms with Crippen LogP contribution in [-0.2, 0) is 16.1 Å². The van der Waals surface area contributed by atoms with Crippen LogP contribution >= 0.6 is 23.4 Å². The van der Waals surface area contributed by atoms with E-state index in [0.29, 0.717) is 17.3 Å². The Morgan fingerprint density at radius 1 is 1.31 bits per heavy atom. The van der Waals surface area contributed by atoms with Gasteiger partial charge in [-0.3, -0.25) is 4.79 Å². The largest absolute Gasteiger partial charge is 0.467 e. The fourth-order valence-electron chi connectivity index (χ4n) is 2.81. The van der Waals surface area contributed by atoms with Crippen molar-refractivity contribution in [2.45, 2.75) is 51.4 Å². The number of imidazole rings is 1. The first-order valence-corrected chi connectivity index (χ1v) is 11.1. The Balaban J connectivity index is 2.35. The first-order valence-electron chi connectivity index (χ1n) is 9.73. The minimum Gasteiger partial charge on any atom is -0.467 e. The van der Waals surface area contributed by atoms with E-state index in [1.807, 2.05) is 42.7 Å². The molecule has 1 aromatic carbocycles. The number of nitrogens with one attached hydrogen (secondary N) is 1. The average Bonchev–Trinajstić information content (AvgIpc) is 3.13. The van der Waals surface area contributed by atoms with E-state index in [2.05, 4.69) is 17.2 Å². The molecule has 2 aromatic rings. The van der Waals surface area contributed by atoms with Gasteiger partial charge in [-0.1, -0.05) is 68.8 Å². The summed E-state index contributed by atoms with van der Waals surface area (Å²) < 4.78 is 6.72. The summed E-state index contributed by atoms with van der Waals surface area (Å²) in [5, 5.41) is 4.20. The second-order valence-corrected chi connectivity index (χ2v) is 8.28. The number of hydrogen-bond donors (Lipinski definition) is 1. The number of halogens is 1. The van der Waals surface area contributed by atoms with Gasteiger partial charge in [-0.2, -0.15) is 0 Å². The van der Waals surface area contributed by atoms with Gasteiger partial charge < -0.3 is 14.6 Å². The average molecular weight is 438 g/mol. The SMILES string of the molecule is CCCSc1ncc(C(=O)N[C@H](C(=O)OC)[C@@H](C)CC)n1Cc1ccccc1Cl. The van der Waals surface area contributed by atoms with Crippen LogP contribution in [0.5, 0.6) is 0 Å². The molecule has 0 bridgehead atoms. The molecule has 0 fully saturated rings. The predicted octanol–water partition coefficient (Wildman–Crippen LogP) is 4.40. The van der Waals surface area contributed by atoms with E-state index < -0.39 is 12.0 Å². The minimum atomic E-state index is -0.715. The quantitative estimate of drug-likeness (QED) is 0.440. The number of thioether (sulfide) groups is 1. The number of amides is 1. The molecule has 2 rings (SSSR count). The lowest BCUT2D eigenvalue weighted by atomic mass is 9.99. The monoisotopic (exact) mass is 437 g/mol. The van der Waals surface area contributed by atoms with Crippen molar-refractivity contribution in [2.24, 2.45) is 5.92 Å². The van der Waals surface area contributed by atoms with Gasteiger partial charge in [0.2, 0.25) is 0 Å². The highest BCUT2D eigenvalue weighted by molar-refractivity contribution is 7.99. The number of esters is 1. The second kappa shape index (κ2) is 11.3. The smallest absolute Gasteiger partial charge is 0.328 e. The Kier molecular flexibility index (Phi) is 9.04. The third-order valence-electron chi connectivity index (χ3n) is 4.73. The molecular formula is C21H28ClN3O3S. The van der Waals surface area contributed by atoms with Crippen molar-refractivity contribution < 1.29 is 14.3 Å². The Labute approximate surface area is 181 Å². The molecule has 0 saturated carbocycles. The van der Waals surface area contributed by atoms with Crippen LogP contribution in [0.15, 0.2) is 35.6 Å². The number of hydrogen-bond acceptors (Lipinski definition) is 5. The summed E-state index contributed by atoms with van der Waals surface area (Å²) in [5.74, 6) is 0.0208. The van der Waals surface area contributed by atoms with Crippen molar-refractivity contribution in [3.63, 3.8) is 0 Å². The Bertz CT molecular complexity index is 840. The van der Waals surface area contributed by atoms with Crippen LogP contribution in [0.3, 0.4) is 0 Å². The number of ether oxygens (including phenoxy) is 1. The third kappa shape index (κ3) is 6.00. The van der Waals surface area contributed by atoms with E-state index in [-0.39, 0.29) is 11.8 Å². The van der Waals surface area contributed by atoms with Gasteiger partial charge in [0.05, 0.1) is 19.9 Å². The van der Waals surface area contributed by atoms with Gasteiger partial charge in [0, 0.05) is 10.8 Å². The molecule has 0 aliphatic heterocycles. The van der Waals surface area contributed by atoms with E-state index in [1.165, 1.54) is 7.11 Å². The lowest BCUT2D eigenvalue weighted by molar-refractivity contribution is -0.144. The maximum atomic E-state index is 13.1. The molecule has 1 amide bonds. The molecular weight excluding hydrogens is 410 g/mol. The molecule has 2 atom stereocenters. The molecule has 1 heterocycles. The number of carbonyl (C=O) groups is 2. The van der Waals surface area contributed by atoms with Crippen LogP contribution in [0.1, 0.15) is 49.7 Å². The second-order valence-electron chi connectivity index (χ2n) is 6.81. The summed E-state index contributed by atoms with van der Waals surface area (Å²) in [7, 11) is 1.32. The van der Waals surface area contributed by atoms with Gasteiger partial charge in [0.25, 0.3) is 5.91 Å². The fraction of sp³-hybridized carbons (Fsp3) is 0.476. The van der Waals surface area contributed by atoms with Crippen molar-refractivity contribution >= 4 is 35.2 Å². The molecule has 0 aliphatic carbocycles. The zero-order valence-corrected chi connectivity index (χ0v) is 18.8. The molecule has 1 aromatic heterocycles. The Morgan fingerprint density at radius 3 is 2.66 bits per heavy atom. The Morgan fingerprint density at radius 2 is 2.03 bits per heavy atom. The summed E-state index contributed by atoms with van der Waals surface area (Å²) in [5.41, 5.74) is 1.28. The molecule has 8 heteroatoms. The number of carbonyl (C=O) groups excluding carboxylic acids is 2. The summed E-state index contributed by atoms with van der Waals surface area (Å²) in [6.07, 6.45) is 3.27. The fourth-order valence-corrected chi connectivity index (χ4v) is 3.84. The topological polar surface area (TPSA) is 73.2 Å². The molecule has 1 N–H and O–H groups in total. The molecule has 0 spiro atoms. The van der Waals surface area contributed by atoms with Gasteiger partial charge in [0.15, 0.2) is 5.16 Å². The van der Waals surface area contributed by atoms with Crippen LogP contribution < -0.4 is 5.32 Å². The van der Waals surface area contributed by atoms with Crippen molar-refractivity contribution in [3.05, 3.63) is 46.7 Å². The lowest BCUT2D eigenvalue weighted by Crippen LogP contribution is -2.46. The summed E-state index contributed by atoms with van der Waals surface area (Å²) in [6, 6.07) is 6.81. The number of nitrogens with zero attached hydrogens (tertiary/aromatic N) is 2. The zero-order valence-electron chi connectivity index (χ0n) is 17.3. The molecule has 0 aliphatic rings. The summed E-state index contributed by atoms with van der Waals surface area (Å²) in [6.45, 7) is 6.38. The van der Waals surface area contributed by atoms with E-state index in [1.54, 1.807) is 18.0 Å². The van der Waals surface area contributed by atoms with E-state index >= 15 is 0 Å². The molecule has 0 unspecified atom stereocenters. The van der Waals surface area contributed by atoms with Crippen LogP contribution in [0, 0.1) is 5.92 Å². The van der Waals surface area contributed by atoms with Crippen molar-refractivity contribution in [3.8, 4) is 0 Å². The highest BCUT2D eigenvalue weighted by Crippen LogP contribution is 2.24. The molecule has 6 nitrogen and oxygen atoms in total. The first kappa shape index (κ1) is 23.3. The molecule has 0 radical (unpaired) electrons. The van der Waals surface area contributed by atoms with E-state index in [0.717, 1.165) is 29.3 Å². The highest BCUT2D eigenvalue weighted by Gasteiger charge is 2.29. The van der Waals surface area contributed by atoms with Crippen molar-refractivity contribution in [1.82, 2.24) is 14.9 Å². The highest BCUT2D eigenvalue weighted by atomic mass is 35.5. The van der Waals surface area contributed by atoms with Gasteiger partial charge in [-0.15, -0.1) is 0 Å². The maximum absolute atomic E-state index is 13.1. The van der Waals surface area contributed by atoms with Gasteiger partial charge in [0.1, 0.15) is 11.7 Å². The third-order valence-corrected chi connectivity index (χ3v) is 6.29. The summed E-state index contributed by atoms with van der Waals surface area (Å²) in [4.78, 5) is 29.7. The van der Waals surface area contributed by atoms with Crippen LogP contribution in [0.4, 0.5) is 0 Å². The van der Waals surface area contributed by atoms with E-state index in [4.69, 9.17) is 16.3 Å². The normalized spacial score (nSPS) is 13.0. The Hall–Kier alpha value is -1.99. The van der Waals surface area contributed by atoms with Gasteiger partial charge in [-0.25, -0.2) is 9.78 Å². The van der Waals surface area contributed by atoms with Gasteiger partial charge >= 0.3 is 5.97 Å². The van der Waals surface area contributed by atoms with Crippen LogP contribution in [0.25, 0.3) is 0 Å². The van der Waals surface area contributed by atoms with E-state index in [9.17, 15) is 9.59 Å². The lowest BCUT2D eigenvalue weighted by Gasteiger charge is -2.22. The summed E-state index contributed by atoms with van der Waals surface area (Å²) >= 11 is 7.92.